The van der Waals surface area contributed by atoms with Gasteiger partial charge >= 0.3 is 0 Å². The highest BCUT2D eigenvalue weighted by Gasteiger charge is 2.25. The number of aromatic amines is 1. The molecule has 1 aliphatic heterocycles. The van der Waals surface area contributed by atoms with E-state index < -0.39 is 0 Å². The molecule has 0 bridgehead atoms. The van der Waals surface area contributed by atoms with Crippen LogP contribution in [-0.4, -0.2) is 52.8 Å². The maximum atomic E-state index is 13.2. The number of carbonyl (C=O) groups excluding carboxylic acids is 2. The molecular weight excluding hydrogens is 398 g/mol. The van der Waals surface area contributed by atoms with Crippen LogP contribution in [0.15, 0.2) is 48.5 Å². The molecule has 1 fully saturated rings. The number of benzene rings is 2. The highest BCUT2D eigenvalue weighted by Crippen LogP contribution is 2.30. The van der Waals surface area contributed by atoms with Crippen LogP contribution in [0.5, 0.6) is 0 Å². The maximum Gasteiger partial charge on any atom is 0.253 e. The molecule has 32 heavy (non-hydrogen) atoms. The lowest BCUT2D eigenvalue weighted by atomic mass is 9.95. The Hall–Kier alpha value is -3.08. The van der Waals surface area contributed by atoms with Crippen molar-refractivity contribution in [3.8, 4) is 0 Å². The number of aryl methyl sites for hydroxylation is 3. The number of hydrogen-bond donors (Lipinski definition) is 1. The van der Waals surface area contributed by atoms with Crippen LogP contribution in [0.3, 0.4) is 0 Å². The zero-order valence-electron chi connectivity index (χ0n) is 18.6. The molecule has 5 heteroatoms. The first-order valence-electron chi connectivity index (χ1n) is 11.9. The van der Waals surface area contributed by atoms with E-state index in [9.17, 15) is 9.59 Å². The number of nitrogens with one attached hydrogen (secondary N) is 1. The summed E-state index contributed by atoms with van der Waals surface area (Å²) >= 11 is 0. The number of amides is 2. The molecule has 166 valence electrons. The Morgan fingerprint density at radius 1 is 0.875 bits per heavy atom. The predicted octanol–water partition coefficient (Wildman–Crippen LogP) is 4.35. The molecule has 0 saturated carbocycles. The monoisotopic (exact) mass is 429 g/mol. The summed E-state index contributed by atoms with van der Waals surface area (Å²) in [6.07, 6.45) is 7.02. The van der Waals surface area contributed by atoms with Crippen LogP contribution in [0, 0.1) is 0 Å². The molecule has 3 aromatic rings. The lowest BCUT2D eigenvalue weighted by Crippen LogP contribution is -2.50. The average Bonchev–Trinajstić information content (AvgIpc) is 3.22. The maximum absolute atomic E-state index is 13.2. The van der Waals surface area contributed by atoms with Crippen LogP contribution in [-0.2, 0) is 24.1 Å². The van der Waals surface area contributed by atoms with Crippen molar-refractivity contribution in [2.45, 2.75) is 44.9 Å². The van der Waals surface area contributed by atoms with E-state index >= 15 is 0 Å². The van der Waals surface area contributed by atoms with Crippen LogP contribution in [0.1, 0.15) is 52.9 Å². The molecule has 5 rings (SSSR count). The molecule has 5 nitrogen and oxygen atoms in total. The van der Waals surface area contributed by atoms with Crippen LogP contribution in [0.2, 0.25) is 0 Å². The van der Waals surface area contributed by atoms with Crippen molar-refractivity contribution in [3.63, 3.8) is 0 Å². The minimum atomic E-state index is 0.0776. The minimum absolute atomic E-state index is 0.0776. The van der Waals surface area contributed by atoms with E-state index in [1.54, 1.807) is 0 Å². The van der Waals surface area contributed by atoms with E-state index in [0.29, 0.717) is 32.6 Å². The Morgan fingerprint density at radius 2 is 1.62 bits per heavy atom. The second kappa shape index (κ2) is 9.19. The fourth-order valence-electron chi connectivity index (χ4n) is 5.13. The topological polar surface area (TPSA) is 56.4 Å². The van der Waals surface area contributed by atoms with Crippen molar-refractivity contribution in [1.82, 2.24) is 14.8 Å². The summed E-state index contributed by atoms with van der Waals surface area (Å²) in [6, 6.07) is 16.4. The van der Waals surface area contributed by atoms with Gasteiger partial charge in [-0.05, 0) is 67.9 Å². The van der Waals surface area contributed by atoms with E-state index in [1.165, 1.54) is 35.0 Å². The van der Waals surface area contributed by atoms with Gasteiger partial charge in [0.05, 0.1) is 0 Å². The van der Waals surface area contributed by atoms with Gasteiger partial charge in [0, 0.05) is 54.8 Å². The smallest absolute Gasteiger partial charge is 0.253 e. The molecule has 1 saturated heterocycles. The summed E-state index contributed by atoms with van der Waals surface area (Å²) < 4.78 is 0. The Bertz CT molecular complexity index is 1110. The number of aromatic nitrogens is 1. The van der Waals surface area contributed by atoms with Gasteiger partial charge in [0.1, 0.15) is 0 Å². The Morgan fingerprint density at radius 3 is 2.44 bits per heavy atom. The first kappa shape index (κ1) is 20.8. The van der Waals surface area contributed by atoms with E-state index in [4.69, 9.17) is 0 Å². The van der Waals surface area contributed by atoms with Crippen LogP contribution >= 0.6 is 0 Å². The van der Waals surface area contributed by atoms with Crippen molar-refractivity contribution >= 4 is 22.7 Å². The zero-order valence-corrected chi connectivity index (χ0v) is 18.6. The second-order valence-corrected chi connectivity index (χ2v) is 9.06. The summed E-state index contributed by atoms with van der Waals surface area (Å²) in [4.78, 5) is 33.1. The van der Waals surface area contributed by atoms with Gasteiger partial charge in [-0.15, -0.1) is 0 Å². The van der Waals surface area contributed by atoms with Crippen LogP contribution in [0.4, 0.5) is 0 Å². The molecule has 0 unspecified atom stereocenters. The molecule has 1 N–H and O–H groups in total. The first-order chi connectivity index (χ1) is 15.7. The number of rotatable bonds is 5. The fourth-order valence-corrected chi connectivity index (χ4v) is 5.13. The quantitative estimate of drug-likeness (QED) is 0.655. The third-order valence-corrected chi connectivity index (χ3v) is 6.96. The third-order valence-electron chi connectivity index (χ3n) is 6.96. The number of H-pyrrole nitrogens is 1. The molecule has 2 aromatic carbocycles. The van der Waals surface area contributed by atoms with Gasteiger partial charge in [-0.25, -0.2) is 0 Å². The van der Waals surface area contributed by atoms with Crippen LogP contribution < -0.4 is 0 Å². The Kier molecular flexibility index (Phi) is 5.97. The highest BCUT2D eigenvalue weighted by atomic mass is 16.2. The molecule has 0 atom stereocenters. The largest absolute Gasteiger partial charge is 0.358 e. The van der Waals surface area contributed by atoms with Gasteiger partial charge in [0.25, 0.3) is 5.91 Å². The zero-order chi connectivity index (χ0) is 21.9. The summed E-state index contributed by atoms with van der Waals surface area (Å²) in [6.45, 7) is 2.45. The molecule has 2 amide bonds. The average molecular weight is 430 g/mol. The van der Waals surface area contributed by atoms with Gasteiger partial charge in [-0.3, -0.25) is 9.59 Å². The Labute approximate surface area is 189 Å². The second-order valence-electron chi connectivity index (χ2n) is 9.06. The summed E-state index contributed by atoms with van der Waals surface area (Å²) in [5, 5.41) is 1.21. The van der Waals surface area contributed by atoms with Gasteiger partial charge in [0.2, 0.25) is 5.91 Å². The SMILES string of the molecule is O=C(CCCc1ccccc1)N1CCN(C(=O)c2ccc3[nH]c4c(c3c2)CCCC4)CC1. The first-order valence-corrected chi connectivity index (χ1v) is 11.9. The molecule has 0 radical (unpaired) electrons. The number of fused-ring (bicyclic) bond motifs is 3. The normalized spacial score (nSPS) is 16.2. The Balaban J connectivity index is 1.16. The molecule has 0 spiro atoms. The summed E-state index contributed by atoms with van der Waals surface area (Å²) in [5.41, 5.74) is 5.91. The number of nitrogens with zero attached hydrogens (tertiary/aromatic N) is 2. The molecule has 1 aliphatic carbocycles. The summed E-state index contributed by atoms with van der Waals surface area (Å²) in [5.74, 6) is 0.280. The van der Waals surface area contributed by atoms with Crippen LogP contribution in [0.25, 0.3) is 10.9 Å². The van der Waals surface area contributed by atoms with Gasteiger partial charge in [-0.1, -0.05) is 30.3 Å². The van der Waals surface area contributed by atoms with Crippen molar-refractivity contribution in [3.05, 3.63) is 70.9 Å². The van der Waals surface area contributed by atoms with E-state index in [2.05, 4.69) is 23.2 Å². The highest BCUT2D eigenvalue weighted by molar-refractivity contribution is 5.99. The van der Waals surface area contributed by atoms with Crippen molar-refractivity contribution < 1.29 is 9.59 Å². The minimum Gasteiger partial charge on any atom is -0.358 e. The summed E-state index contributed by atoms with van der Waals surface area (Å²) in [7, 11) is 0. The lowest BCUT2D eigenvalue weighted by Gasteiger charge is -2.35. The molecular formula is C27H31N3O2. The van der Waals surface area contributed by atoms with Crippen molar-refractivity contribution in [1.29, 1.82) is 0 Å². The molecule has 1 aromatic heterocycles. The lowest BCUT2D eigenvalue weighted by molar-refractivity contribution is -0.132. The number of carbonyl (C=O) groups is 2. The standard InChI is InChI=1S/C27H31N3O2/c31-26(12-6-9-20-7-2-1-3-8-20)29-15-17-30(18-16-29)27(32)21-13-14-25-23(19-21)22-10-4-5-11-24(22)28-25/h1-3,7-8,13-14,19,28H,4-6,9-12,15-18H2. The molecule has 2 heterocycles. The molecule has 2 aliphatic rings. The number of hydrogen-bond acceptors (Lipinski definition) is 2. The van der Waals surface area contributed by atoms with E-state index in [1.807, 2.05) is 40.1 Å². The predicted molar refractivity (Wildman–Crippen MR) is 127 cm³/mol. The third kappa shape index (κ3) is 4.29. The van der Waals surface area contributed by atoms with Gasteiger partial charge in [0.15, 0.2) is 0 Å². The van der Waals surface area contributed by atoms with Crippen molar-refractivity contribution in [2.75, 3.05) is 26.2 Å². The van der Waals surface area contributed by atoms with Gasteiger partial charge < -0.3 is 14.8 Å². The van der Waals surface area contributed by atoms with E-state index in [0.717, 1.165) is 36.8 Å². The van der Waals surface area contributed by atoms with Crippen molar-refractivity contribution in [2.24, 2.45) is 0 Å². The van der Waals surface area contributed by atoms with E-state index in [-0.39, 0.29) is 11.8 Å². The number of piperazine rings is 1. The fraction of sp³-hybridized carbons (Fsp3) is 0.407. The van der Waals surface area contributed by atoms with Gasteiger partial charge in [-0.2, -0.15) is 0 Å².